The number of anilines is 1. The normalized spacial score (nSPS) is 18.7. The first-order valence-electron chi connectivity index (χ1n) is 6.73. The minimum Gasteiger partial charge on any atom is -0.477 e. The first-order valence-corrected chi connectivity index (χ1v) is 7.54. The van der Waals surface area contributed by atoms with Crippen LogP contribution in [0.15, 0.2) is 24.4 Å². The molecule has 7 heteroatoms. The van der Waals surface area contributed by atoms with Crippen LogP contribution in [0.25, 0.3) is 10.7 Å². The molecule has 21 heavy (non-hydrogen) atoms. The summed E-state index contributed by atoms with van der Waals surface area (Å²) < 4.78 is 0. The summed E-state index contributed by atoms with van der Waals surface area (Å²) >= 11 is 1.16. The van der Waals surface area contributed by atoms with Gasteiger partial charge in [0, 0.05) is 19.3 Å². The SMILES string of the molecule is O=C(O)c1ccc(-c2nccc(N3CCCC(O)C3)n2)s1. The fourth-order valence-electron chi connectivity index (χ4n) is 2.38. The highest BCUT2D eigenvalue weighted by Gasteiger charge is 2.19. The maximum absolute atomic E-state index is 10.9. The Morgan fingerprint density at radius 1 is 1.38 bits per heavy atom. The Bertz CT molecular complexity index is 658. The molecule has 3 rings (SSSR count). The van der Waals surface area contributed by atoms with E-state index in [4.69, 9.17) is 5.11 Å². The Kier molecular flexibility index (Phi) is 3.85. The Labute approximate surface area is 125 Å². The molecule has 1 fully saturated rings. The zero-order valence-corrected chi connectivity index (χ0v) is 12.1. The Hall–Kier alpha value is -1.99. The summed E-state index contributed by atoms with van der Waals surface area (Å²) in [5, 5.41) is 18.7. The van der Waals surface area contributed by atoms with Crippen molar-refractivity contribution >= 4 is 23.1 Å². The molecule has 2 aromatic heterocycles. The molecule has 6 nitrogen and oxygen atoms in total. The molecule has 2 aromatic rings. The summed E-state index contributed by atoms with van der Waals surface area (Å²) in [6.07, 6.45) is 3.10. The average molecular weight is 305 g/mol. The molecular formula is C14H15N3O3S. The molecular weight excluding hydrogens is 290 g/mol. The lowest BCUT2D eigenvalue weighted by Crippen LogP contribution is -2.38. The van der Waals surface area contributed by atoms with E-state index in [9.17, 15) is 9.90 Å². The van der Waals surface area contributed by atoms with Gasteiger partial charge in [-0.2, -0.15) is 0 Å². The van der Waals surface area contributed by atoms with Crippen LogP contribution in [0.1, 0.15) is 22.5 Å². The maximum atomic E-state index is 10.9. The van der Waals surface area contributed by atoms with Crippen LogP contribution < -0.4 is 4.90 Å². The number of carboxylic acid groups (broad SMARTS) is 1. The number of carboxylic acids is 1. The number of aliphatic hydroxyl groups is 1. The van der Waals surface area contributed by atoms with Crippen molar-refractivity contribution < 1.29 is 15.0 Å². The van der Waals surface area contributed by atoms with Gasteiger partial charge < -0.3 is 15.1 Å². The highest BCUT2D eigenvalue weighted by Crippen LogP contribution is 2.27. The van der Waals surface area contributed by atoms with Crippen molar-refractivity contribution in [2.75, 3.05) is 18.0 Å². The average Bonchev–Trinajstić information content (AvgIpc) is 2.97. The van der Waals surface area contributed by atoms with Crippen LogP contribution in [0, 0.1) is 0 Å². The Morgan fingerprint density at radius 2 is 2.24 bits per heavy atom. The van der Waals surface area contributed by atoms with E-state index in [1.807, 2.05) is 11.0 Å². The molecule has 0 spiro atoms. The molecule has 0 aromatic carbocycles. The van der Waals surface area contributed by atoms with Crippen LogP contribution >= 0.6 is 11.3 Å². The summed E-state index contributed by atoms with van der Waals surface area (Å²) in [7, 11) is 0. The number of piperidine rings is 1. The number of aliphatic hydroxyl groups excluding tert-OH is 1. The first-order chi connectivity index (χ1) is 10.1. The molecule has 1 aliphatic heterocycles. The van der Waals surface area contributed by atoms with Crippen molar-refractivity contribution in [3.8, 4) is 10.7 Å². The largest absolute Gasteiger partial charge is 0.477 e. The quantitative estimate of drug-likeness (QED) is 0.900. The van der Waals surface area contributed by atoms with Gasteiger partial charge >= 0.3 is 5.97 Å². The second kappa shape index (κ2) is 5.79. The minimum atomic E-state index is -0.943. The van der Waals surface area contributed by atoms with Crippen LogP contribution in [-0.2, 0) is 0 Å². The maximum Gasteiger partial charge on any atom is 0.345 e. The lowest BCUT2D eigenvalue weighted by atomic mass is 10.1. The molecule has 0 bridgehead atoms. The molecule has 1 atom stereocenters. The molecule has 0 amide bonds. The van der Waals surface area contributed by atoms with Gasteiger partial charge in [0.05, 0.1) is 11.0 Å². The number of thiophene rings is 1. The number of hydrogen-bond donors (Lipinski definition) is 2. The van der Waals surface area contributed by atoms with Crippen molar-refractivity contribution in [1.82, 2.24) is 9.97 Å². The monoisotopic (exact) mass is 305 g/mol. The van der Waals surface area contributed by atoms with Crippen LogP contribution in [0.4, 0.5) is 5.82 Å². The van der Waals surface area contributed by atoms with E-state index in [1.54, 1.807) is 18.3 Å². The van der Waals surface area contributed by atoms with Gasteiger partial charge in [-0.15, -0.1) is 11.3 Å². The lowest BCUT2D eigenvalue weighted by Gasteiger charge is -2.30. The zero-order chi connectivity index (χ0) is 14.8. The lowest BCUT2D eigenvalue weighted by molar-refractivity contribution is 0.0702. The van der Waals surface area contributed by atoms with E-state index in [-0.39, 0.29) is 11.0 Å². The molecule has 1 unspecified atom stereocenters. The topological polar surface area (TPSA) is 86.5 Å². The fraction of sp³-hybridized carbons (Fsp3) is 0.357. The second-order valence-electron chi connectivity index (χ2n) is 4.95. The van der Waals surface area contributed by atoms with E-state index < -0.39 is 5.97 Å². The van der Waals surface area contributed by atoms with Crippen molar-refractivity contribution in [1.29, 1.82) is 0 Å². The number of rotatable bonds is 3. The summed E-state index contributed by atoms with van der Waals surface area (Å²) in [5.41, 5.74) is 0. The van der Waals surface area contributed by atoms with Crippen LogP contribution in [-0.4, -0.2) is 45.3 Å². The molecule has 0 radical (unpaired) electrons. The van der Waals surface area contributed by atoms with Crippen molar-refractivity contribution in [3.63, 3.8) is 0 Å². The fourth-order valence-corrected chi connectivity index (χ4v) is 3.17. The van der Waals surface area contributed by atoms with Gasteiger partial charge in [-0.1, -0.05) is 0 Å². The van der Waals surface area contributed by atoms with Gasteiger partial charge in [0.25, 0.3) is 0 Å². The number of aromatic carboxylic acids is 1. The number of carbonyl (C=O) groups is 1. The highest BCUT2D eigenvalue weighted by atomic mass is 32.1. The highest BCUT2D eigenvalue weighted by molar-refractivity contribution is 7.17. The number of nitrogens with zero attached hydrogens (tertiary/aromatic N) is 3. The minimum absolute atomic E-state index is 0.271. The third-order valence-electron chi connectivity index (χ3n) is 3.40. The number of hydrogen-bond acceptors (Lipinski definition) is 6. The summed E-state index contributed by atoms with van der Waals surface area (Å²) in [4.78, 5) is 22.7. The third-order valence-corrected chi connectivity index (χ3v) is 4.47. The van der Waals surface area contributed by atoms with Crippen LogP contribution in [0.5, 0.6) is 0 Å². The molecule has 0 aliphatic carbocycles. The zero-order valence-electron chi connectivity index (χ0n) is 11.3. The van der Waals surface area contributed by atoms with Crippen molar-refractivity contribution in [2.45, 2.75) is 18.9 Å². The Balaban J connectivity index is 1.86. The molecule has 1 aliphatic rings. The van der Waals surface area contributed by atoms with Gasteiger partial charge in [-0.3, -0.25) is 0 Å². The summed E-state index contributed by atoms with van der Waals surface area (Å²) in [6.45, 7) is 1.43. The summed E-state index contributed by atoms with van der Waals surface area (Å²) in [6, 6.07) is 5.09. The number of aromatic nitrogens is 2. The van der Waals surface area contributed by atoms with Gasteiger partial charge in [-0.05, 0) is 31.0 Å². The van der Waals surface area contributed by atoms with Crippen LogP contribution in [0.2, 0.25) is 0 Å². The van der Waals surface area contributed by atoms with Gasteiger partial charge in [-0.25, -0.2) is 14.8 Å². The smallest absolute Gasteiger partial charge is 0.345 e. The van der Waals surface area contributed by atoms with Crippen molar-refractivity contribution in [3.05, 3.63) is 29.3 Å². The number of β-amino-alcohol motifs (C(OH)–C–C–N with tert-alkyl or cyclic N) is 1. The van der Waals surface area contributed by atoms with E-state index in [0.29, 0.717) is 12.4 Å². The molecule has 2 N–H and O–H groups in total. The van der Waals surface area contributed by atoms with Crippen LogP contribution in [0.3, 0.4) is 0 Å². The van der Waals surface area contributed by atoms with Gasteiger partial charge in [0.1, 0.15) is 10.7 Å². The van der Waals surface area contributed by atoms with E-state index in [1.165, 1.54) is 0 Å². The predicted molar refractivity (Wildman–Crippen MR) is 79.8 cm³/mol. The first kappa shape index (κ1) is 14.0. The van der Waals surface area contributed by atoms with Gasteiger partial charge in [0.2, 0.25) is 0 Å². The second-order valence-corrected chi connectivity index (χ2v) is 6.03. The van der Waals surface area contributed by atoms with E-state index >= 15 is 0 Å². The standard InChI is InChI=1S/C14H15N3O3S/c18-9-2-1-7-17(8-9)12-5-6-15-13(16-12)10-3-4-11(21-10)14(19)20/h3-6,9,18H,1-2,7-8H2,(H,19,20). The Morgan fingerprint density at radius 3 is 2.95 bits per heavy atom. The molecule has 0 saturated carbocycles. The van der Waals surface area contributed by atoms with E-state index in [2.05, 4.69) is 9.97 Å². The molecule has 1 saturated heterocycles. The van der Waals surface area contributed by atoms with Crippen molar-refractivity contribution in [2.24, 2.45) is 0 Å². The molecule has 110 valence electrons. The summed E-state index contributed by atoms with van der Waals surface area (Å²) in [5.74, 6) is 0.343. The van der Waals surface area contributed by atoms with Gasteiger partial charge in [0.15, 0.2) is 5.82 Å². The van der Waals surface area contributed by atoms with E-state index in [0.717, 1.165) is 41.4 Å². The third kappa shape index (κ3) is 3.03. The predicted octanol–water partition coefficient (Wildman–Crippen LogP) is 1.86. The molecule has 3 heterocycles.